The van der Waals surface area contributed by atoms with Crippen LogP contribution in [0.1, 0.15) is 5.56 Å². The largest absolute Gasteiger partial charge is 0.305 e. The molecular weight excluding hydrogens is 304 g/mol. The van der Waals surface area contributed by atoms with E-state index in [1.165, 1.54) is 5.56 Å². The zero-order valence-corrected chi connectivity index (χ0v) is 11.8. The van der Waals surface area contributed by atoms with E-state index in [1.807, 2.05) is 36.4 Å². The summed E-state index contributed by atoms with van der Waals surface area (Å²) >= 11 is 3.44. The van der Waals surface area contributed by atoms with E-state index in [2.05, 4.69) is 43.0 Å². The normalized spacial score (nSPS) is 10.8. The SMILES string of the molecule is NNc1nc2ccccc2n1Cc1ccc(Br)cc1. The number of anilines is 1. The summed E-state index contributed by atoms with van der Waals surface area (Å²) < 4.78 is 3.14. The summed E-state index contributed by atoms with van der Waals surface area (Å²) in [4.78, 5) is 4.46. The quantitative estimate of drug-likeness (QED) is 0.576. The van der Waals surface area contributed by atoms with Gasteiger partial charge in [-0.25, -0.2) is 10.8 Å². The molecule has 0 unspecified atom stereocenters. The van der Waals surface area contributed by atoms with Crippen LogP contribution in [0.15, 0.2) is 53.0 Å². The van der Waals surface area contributed by atoms with E-state index in [0.717, 1.165) is 22.1 Å². The first-order valence-corrected chi connectivity index (χ1v) is 6.73. The van der Waals surface area contributed by atoms with Gasteiger partial charge in [0.2, 0.25) is 5.95 Å². The second-order valence-electron chi connectivity index (χ2n) is 4.28. The van der Waals surface area contributed by atoms with E-state index in [-0.39, 0.29) is 0 Å². The third-order valence-corrected chi connectivity index (χ3v) is 3.57. The van der Waals surface area contributed by atoms with Gasteiger partial charge >= 0.3 is 0 Å². The van der Waals surface area contributed by atoms with E-state index in [9.17, 15) is 0 Å². The van der Waals surface area contributed by atoms with Crippen LogP contribution >= 0.6 is 15.9 Å². The minimum atomic E-state index is 0.670. The monoisotopic (exact) mass is 316 g/mol. The average Bonchev–Trinajstić information content (AvgIpc) is 2.79. The lowest BCUT2D eigenvalue weighted by molar-refractivity contribution is 0.827. The van der Waals surface area contributed by atoms with Gasteiger partial charge in [-0.05, 0) is 29.8 Å². The highest BCUT2D eigenvalue weighted by molar-refractivity contribution is 9.10. The van der Waals surface area contributed by atoms with Crippen molar-refractivity contribution in [3.8, 4) is 0 Å². The number of benzene rings is 2. The first-order valence-electron chi connectivity index (χ1n) is 5.94. The smallest absolute Gasteiger partial charge is 0.218 e. The highest BCUT2D eigenvalue weighted by Gasteiger charge is 2.09. The van der Waals surface area contributed by atoms with Gasteiger partial charge in [0.1, 0.15) is 0 Å². The molecule has 96 valence electrons. The maximum atomic E-state index is 5.55. The molecule has 0 radical (unpaired) electrons. The minimum absolute atomic E-state index is 0.670. The van der Waals surface area contributed by atoms with Crippen molar-refractivity contribution in [1.82, 2.24) is 9.55 Å². The molecule has 5 heteroatoms. The number of nitrogens with one attached hydrogen (secondary N) is 1. The van der Waals surface area contributed by atoms with E-state index < -0.39 is 0 Å². The van der Waals surface area contributed by atoms with E-state index in [0.29, 0.717) is 5.95 Å². The van der Waals surface area contributed by atoms with Crippen molar-refractivity contribution in [3.63, 3.8) is 0 Å². The molecule has 0 aliphatic heterocycles. The molecule has 0 amide bonds. The van der Waals surface area contributed by atoms with E-state index >= 15 is 0 Å². The Balaban J connectivity index is 2.06. The van der Waals surface area contributed by atoms with Crippen LogP contribution in [0, 0.1) is 0 Å². The van der Waals surface area contributed by atoms with Crippen LogP contribution in [0.4, 0.5) is 5.95 Å². The molecule has 3 N–H and O–H groups in total. The molecule has 4 nitrogen and oxygen atoms in total. The molecule has 0 fully saturated rings. The Bertz CT molecular complexity index is 703. The Morgan fingerprint density at radius 1 is 1.11 bits per heavy atom. The van der Waals surface area contributed by atoms with Gasteiger partial charge in [0.15, 0.2) is 0 Å². The van der Waals surface area contributed by atoms with Crippen LogP contribution in [0.3, 0.4) is 0 Å². The molecule has 3 rings (SSSR count). The van der Waals surface area contributed by atoms with E-state index in [1.54, 1.807) is 0 Å². The van der Waals surface area contributed by atoms with Crippen molar-refractivity contribution in [2.75, 3.05) is 5.43 Å². The molecule has 0 atom stereocenters. The van der Waals surface area contributed by atoms with Gasteiger partial charge in [-0.15, -0.1) is 0 Å². The number of para-hydroxylation sites is 2. The van der Waals surface area contributed by atoms with Crippen molar-refractivity contribution in [3.05, 3.63) is 58.6 Å². The number of aromatic nitrogens is 2. The molecule has 3 aromatic rings. The average molecular weight is 317 g/mol. The number of hydrazine groups is 1. The standard InChI is InChI=1S/C14H13BrN4/c15-11-7-5-10(6-8-11)9-19-13-4-2-1-3-12(13)17-14(19)18-16/h1-8H,9,16H2,(H,17,18). The lowest BCUT2D eigenvalue weighted by atomic mass is 10.2. The number of imidazole rings is 1. The van der Waals surface area contributed by atoms with Gasteiger partial charge in [-0.3, -0.25) is 5.43 Å². The topological polar surface area (TPSA) is 55.9 Å². The number of rotatable bonds is 3. The minimum Gasteiger partial charge on any atom is -0.305 e. The second-order valence-corrected chi connectivity index (χ2v) is 5.20. The highest BCUT2D eigenvalue weighted by Crippen LogP contribution is 2.21. The Morgan fingerprint density at radius 3 is 2.58 bits per heavy atom. The highest BCUT2D eigenvalue weighted by atomic mass is 79.9. The van der Waals surface area contributed by atoms with Gasteiger partial charge in [-0.1, -0.05) is 40.2 Å². The van der Waals surface area contributed by atoms with Crippen molar-refractivity contribution < 1.29 is 0 Å². The molecule has 19 heavy (non-hydrogen) atoms. The van der Waals surface area contributed by atoms with Crippen LogP contribution in [0.25, 0.3) is 11.0 Å². The fourth-order valence-corrected chi connectivity index (χ4v) is 2.38. The summed E-state index contributed by atoms with van der Waals surface area (Å²) in [5.41, 5.74) is 5.86. The summed E-state index contributed by atoms with van der Waals surface area (Å²) in [6.45, 7) is 0.729. The molecular formula is C14H13BrN4. The predicted molar refractivity (Wildman–Crippen MR) is 80.8 cm³/mol. The molecule has 0 saturated heterocycles. The third-order valence-electron chi connectivity index (χ3n) is 3.04. The summed E-state index contributed by atoms with van der Waals surface area (Å²) in [7, 11) is 0. The van der Waals surface area contributed by atoms with Gasteiger partial charge in [0.05, 0.1) is 17.6 Å². The number of halogens is 1. The van der Waals surface area contributed by atoms with E-state index in [4.69, 9.17) is 5.84 Å². The summed E-state index contributed by atoms with van der Waals surface area (Å²) in [6.07, 6.45) is 0. The Kier molecular flexibility index (Phi) is 3.23. The third kappa shape index (κ3) is 2.34. The van der Waals surface area contributed by atoms with Crippen LogP contribution in [-0.2, 0) is 6.54 Å². The van der Waals surface area contributed by atoms with Crippen molar-refractivity contribution in [1.29, 1.82) is 0 Å². The Labute approximate surface area is 119 Å². The van der Waals surface area contributed by atoms with Crippen LogP contribution in [-0.4, -0.2) is 9.55 Å². The molecule has 1 heterocycles. The molecule has 0 spiro atoms. The van der Waals surface area contributed by atoms with Crippen molar-refractivity contribution in [2.24, 2.45) is 5.84 Å². The first kappa shape index (κ1) is 12.2. The first-order chi connectivity index (χ1) is 9.28. The molecule has 0 saturated carbocycles. The molecule has 0 aliphatic carbocycles. The number of hydrogen-bond acceptors (Lipinski definition) is 3. The molecule has 0 aliphatic rings. The van der Waals surface area contributed by atoms with Crippen molar-refractivity contribution in [2.45, 2.75) is 6.54 Å². The maximum Gasteiger partial charge on any atom is 0.218 e. The number of nitrogens with zero attached hydrogens (tertiary/aromatic N) is 2. The van der Waals surface area contributed by atoms with Gasteiger partial charge < -0.3 is 4.57 Å². The molecule has 0 bridgehead atoms. The summed E-state index contributed by atoms with van der Waals surface area (Å²) in [5.74, 6) is 6.22. The fourth-order valence-electron chi connectivity index (χ4n) is 2.12. The summed E-state index contributed by atoms with van der Waals surface area (Å²) in [6, 6.07) is 16.2. The van der Waals surface area contributed by atoms with Crippen LogP contribution < -0.4 is 11.3 Å². The lowest BCUT2D eigenvalue weighted by Gasteiger charge is -2.08. The van der Waals surface area contributed by atoms with Gasteiger partial charge in [0, 0.05) is 4.47 Å². The lowest BCUT2D eigenvalue weighted by Crippen LogP contribution is -2.13. The zero-order valence-electron chi connectivity index (χ0n) is 10.2. The number of nitrogen functional groups attached to an aromatic ring is 1. The van der Waals surface area contributed by atoms with Crippen LogP contribution in [0.2, 0.25) is 0 Å². The Hall–Kier alpha value is -1.85. The maximum absolute atomic E-state index is 5.55. The second kappa shape index (κ2) is 5.03. The summed E-state index contributed by atoms with van der Waals surface area (Å²) in [5, 5.41) is 0. The zero-order chi connectivity index (χ0) is 13.2. The number of nitrogens with two attached hydrogens (primary N) is 1. The van der Waals surface area contributed by atoms with Crippen molar-refractivity contribution >= 4 is 32.9 Å². The predicted octanol–water partition coefficient (Wildman–Crippen LogP) is 3.13. The number of hydrogen-bond donors (Lipinski definition) is 2. The van der Waals surface area contributed by atoms with Gasteiger partial charge in [0.25, 0.3) is 0 Å². The van der Waals surface area contributed by atoms with Crippen LogP contribution in [0.5, 0.6) is 0 Å². The van der Waals surface area contributed by atoms with Gasteiger partial charge in [-0.2, -0.15) is 0 Å². The molecule has 1 aromatic heterocycles. The number of fused-ring (bicyclic) bond motifs is 1. The Morgan fingerprint density at radius 2 is 1.84 bits per heavy atom. The molecule has 2 aromatic carbocycles. The fraction of sp³-hybridized carbons (Fsp3) is 0.0714.